The predicted octanol–water partition coefficient (Wildman–Crippen LogP) is 4.16. The number of rotatable bonds is 7. The van der Waals surface area contributed by atoms with Crippen molar-refractivity contribution >= 4 is 50.8 Å². The van der Waals surface area contributed by atoms with Crippen molar-refractivity contribution in [3.05, 3.63) is 76.5 Å². The van der Waals surface area contributed by atoms with E-state index in [0.29, 0.717) is 22.2 Å². The lowest BCUT2D eigenvalue weighted by Crippen LogP contribution is -2.15. The average Bonchev–Trinajstić information content (AvgIpc) is 2.68. The van der Waals surface area contributed by atoms with Gasteiger partial charge < -0.3 is 5.32 Å². The maximum atomic E-state index is 12.3. The highest BCUT2D eigenvalue weighted by atomic mass is 35.5. The van der Waals surface area contributed by atoms with Crippen LogP contribution in [0.15, 0.2) is 65.8 Å². The molecule has 0 bridgehead atoms. The van der Waals surface area contributed by atoms with Crippen molar-refractivity contribution in [2.45, 2.75) is 17.7 Å². The Balaban J connectivity index is 1.59. The van der Waals surface area contributed by atoms with Gasteiger partial charge in [-0.3, -0.25) is 4.79 Å². The standard InChI is InChI=1S/C19H16Cl2N4O3S/c20-14-4-2-13(17(21)12-14)3-9-18(26)24-15-5-7-16(8-6-15)29(27,28)25-19-22-10-1-11-23-19/h1-2,4-8,10-12H,3,9H2,(H,24,26)(H,22,23,25). The number of nitrogens with one attached hydrogen (secondary N) is 2. The molecule has 0 aliphatic carbocycles. The molecule has 3 aromatic rings. The second-order valence-corrected chi connectivity index (χ2v) is 8.51. The molecule has 0 atom stereocenters. The van der Waals surface area contributed by atoms with Crippen molar-refractivity contribution in [1.29, 1.82) is 0 Å². The van der Waals surface area contributed by atoms with Gasteiger partial charge in [0, 0.05) is 34.5 Å². The number of nitrogens with zero attached hydrogens (tertiary/aromatic N) is 2. The molecule has 1 amide bonds. The average molecular weight is 451 g/mol. The van der Waals surface area contributed by atoms with Crippen molar-refractivity contribution in [2.24, 2.45) is 0 Å². The molecule has 0 aliphatic rings. The van der Waals surface area contributed by atoms with Crippen LogP contribution in [0.3, 0.4) is 0 Å². The number of benzene rings is 2. The number of anilines is 2. The zero-order valence-corrected chi connectivity index (χ0v) is 17.3. The Labute approximate surface area is 178 Å². The molecule has 29 heavy (non-hydrogen) atoms. The summed E-state index contributed by atoms with van der Waals surface area (Å²) < 4.78 is 27.0. The fourth-order valence-electron chi connectivity index (χ4n) is 2.44. The van der Waals surface area contributed by atoms with E-state index in [-0.39, 0.29) is 23.2 Å². The molecule has 10 heteroatoms. The first-order valence-corrected chi connectivity index (χ1v) is 10.7. The molecule has 2 N–H and O–H groups in total. The van der Waals surface area contributed by atoms with Crippen LogP contribution in [0, 0.1) is 0 Å². The lowest BCUT2D eigenvalue weighted by Gasteiger charge is -2.09. The normalized spacial score (nSPS) is 11.1. The van der Waals surface area contributed by atoms with E-state index >= 15 is 0 Å². The van der Waals surface area contributed by atoms with Crippen molar-refractivity contribution in [3.8, 4) is 0 Å². The molecule has 0 fully saturated rings. The molecule has 0 saturated heterocycles. The molecule has 0 aliphatic heterocycles. The van der Waals surface area contributed by atoms with Gasteiger partial charge in [0.25, 0.3) is 10.0 Å². The van der Waals surface area contributed by atoms with E-state index in [1.165, 1.54) is 36.7 Å². The van der Waals surface area contributed by atoms with Crippen LogP contribution in [0.1, 0.15) is 12.0 Å². The number of halogens is 2. The molecule has 2 aromatic carbocycles. The topological polar surface area (TPSA) is 101 Å². The van der Waals surface area contributed by atoms with Gasteiger partial charge in [-0.1, -0.05) is 29.3 Å². The highest BCUT2D eigenvalue weighted by molar-refractivity contribution is 7.92. The summed E-state index contributed by atoms with van der Waals surface area (Å²) in [6.07, 6.45) is 3.53. The zero-order chi connectivity index (χ0) is 20.9. The summed E-state index contributed by atoms with van der Waals surface area (Å²) >= 11 is 12.0. The molecule has 0 unspecified atom stereocenters. The minimum atomic E-state index is -3.83. The molecule has 0 radical (unpaired) electrons. The van der Waals surface area contributed by atoms with Gasteiger partial charge in [-0.15, -0.1) is 0 Å². The van der Waals surface area contributed by atoms with Crippen molar-refractivity contribution in [3.63, 3.8) is 0 Å². The minimum Gasteiger partial charge on any atom is -0.326 e. The lowest BCUT2D eigenvalue weighted by atomic mass is 10.1. The fourth-order valence-corrected chi connectivity index (χ4v) is 3.91. The van der Waals surface area contributed by atoms with Crippen LogP contribution in [-0.2, 0) is 21.2 Å². The van der Waals surface area contributed by atoms with Gasteiger partial charge in [0.2, 0.25) is 11.9 Å². The lowest BCUT2D eigenvalue weighted by molar-refractivity contribution is -0.116. The summed E-state index contributed by atoms with van der Waals surface area (Å²) in [4.78, 5) is 19.8. The quantitative estimate of drug-likeness (QED) is 0.562. The number of hydrogen-bond acceptors (Lipinski definition) is 5. The van der Waals surface area contributed by atoms with Gasteiger partial charge in [-0.05, 0) is 54.4 Å². The van der Waals surface area contributed by atoms with Crippen molar-refractivity contribution in [2.75, 3.05) is 10.0 Å². The summed E-state index contributed by atoms with van der Waals surface area (Å²) in [6.45, 7) is 0. The number of sulfonamides is 1. The molecule has 150 valence electrons. The van der Waals surface area contributed by atoms with Gasteiger partial charge in [0.05, 0.1) is 4.90 Å². The van der Waals surface area contributed by atoms with Crippen LogP contribution in [0.25, 0.3) is 0 Å². The number of hydrogen-bond donors (Lipinski definition) is 2. The third kappa shape index (κ3) is 5.90. The first-order chi connectivity index (χ1) is 13.8. The van der Waals surface area contributed by atoms with E-state index in [4.69, 9.17) is 23.2 Å². The smallest absolute Gasteiger partial charge is 0.264 e. The highest BCUT2D eigenvalue weighted by Gasteiger charge is 2.15. The van der Waals surface area contributed by atoms with Crippen LogP contribution >= 0.6 is 23.2 Å². The molecular weight excluding hydrogens is 435 g/mol. The largest absolute Gasteiger partial charge is 0.326 e. The molecule has 1 aromatic heterocycles. The number of amides is 1. The molecule has 7 nitrogen and oxygen atoms in total. The highest BCUT2D eigenvalue weighted by Crippen LogP contribution is 2.22. The number of aryl methyl sites for hydroxylation is 1. The Morgan fingerprint density at radius 3 is 2.34 bits per heavy atom. The third-order valence-electron chi connectivity index (χ3n) is 3.88. The SMILES string of the molecule is O=C(CCc1ccc(Cl)cc1Cl)Nc1ccc(S(=O)(=O)Nc2ncccn2)cc1. The third-order valence-corrected chi connectivity index (χ3v) is 5.81. The Morgan fingerprint density at radius 1 is 1.00 bits per heavy atom. The number of carbonyl (C=O) groups is 1. The fraction of sp³-hybridized carbons (Fsp3) is 0.105. The van der Waals surface area contributed by atoms with Crippen LogP contribution < -0.4 is 10.0 Å². The minimum absolute atomic E-state index is 0.0225. The zero-order valence-electron chi connectivity index (χ0n) is 15.0. The monoisotopic (exact) mass is 450 g/mol. The van der Waals surface area contributed by atoms with Crippen LogP contribution in [-0.4, -0.2) is 24.3 Å². The molecule has 1 heterocycles. The Bertz CT molecular complexity index is 1110. The Morgan fingerprint density at radius 2 is 1.69 bits per heavy atom. The molecular formula is C19H16Cl2N4O3S. The van der Waals surface area contributed by atoms with Crippen LogP contribution in [0.2, 0.25) is 10.0 Å². The van der Waals surface area contributed by atoms with Crippen LogP contribution in [0.5, 0.6) is 0 Å². The van der Waals surface area contributed by atoms with Crippen molar-refractivity contribution in [1.82, 2.24) is 9.97 Å². The first-order valence-electron chi connectivity index (χ1n) is 8.47. The van der Waals surface area contributed by atoms with E-state index in [9.17, 15) is 13.2 Å². The van der Waals surface area contributed by atoms with Crippen LogP contribution in [0.4, 0.5) is 11.6 Å². The van der Waals surface area contributed by atoms with Crippen molar-refractivity contribution < 1.29 is 13.2 Å². The van der Waals surface area contributed by atoms with E-state index < -0.39 is 10.0 Å². The first kappa shape index (κ1) is 21.0. The summed E-state index contributed by atoms with van der Waals surface area (Å²) in [5.41, 5.74) is 1.30. The van der Waals surface area contributed by atoms with E-state index in [2.05, 4.69) is 20.0 Å². The Hall–Kier alpha value is -2.68. The summed E-state index contributed by atoms with van der Waals surface area (Å²) in [6, 6.07) is 12.5. The molecule has 0 spiro atoms. The van der Waals surface area contributed by atoms with E-state index in [1.54, 1.807) is 24.3 Å². The number of aromatic nitrogens is 2. The summed E-state index contributed by atoms with van der Waals surface area (Å²) in [7, 11) is -3.83. The summed E-state index contributed by atoms with van der Waals surface area (Å²) in [5, 5.41) is 3.77. The maximum absolute atomic E-state index is 12.3. The van der Waals surface area contributed by atoms with Gasteiger partial charge in [0.1, 0.15) is 0 Å². The molecule has 3 rings (SSSR count). The van der Waals surface area contributed by atoms with E-state index in [0.717, 1.165) is 5.56 Å². The van der Waals surface area contributed by atoms with E-state index in [1.807, 2.05) is 0 Å². The number of carbonyl (C=O) groups excluding carboxylic acids is 1. The summed E-state index contributed by atoms with van der Waals surface area (Å²) in [5.74, 6) is -0.242. The van der Waals surface area contributed by atoms with Gasteiger partial charge >= 0.3 is 0 Å². The van der Waals surface area contributed by atoms with Gasteiger partial charge in [0.15, 0.2) is 0 Å². The second kappa shape index (κ2) is 9.21. The molecule has 0 saturated carbocycles. The Kier molecular flexibility index (Phi) is 6.68. The second-order valence-electron chi connectivity index (χ2n) is 5.99. The van der Waals surface area contributed by atoms with Gasteiger partial charge in [-0.2, -0.15) is 0 Å². The van der Waals surface area contributed by atoms with Gasteiger partial charge in [-0.25, -0.2) is 23.1 Å². The predicted molar refractivity (Wildman–Crippen MR) is 113 cm³/mol. The maximum Gasteiger partial charge on any atom is 0.264 e.